The van der Waals surface area contributed by atoms with Crippen LogP contribution in [0.2, 0.25) is 0 Å². The molecule has 0 saturated carbocycles. The summed E-state index contributed by atoms with van der Waals surface area (Å²) in [5, 5.41) is 7.00. The molecular weight excluding hydrogens is 106 g/mol. The number of hydrogen-bond donors (Lipinski definition) is 2. The Kier molecular flexibility index (Phi) is 5.32. The first-order valence-electron chi connectivity index (χ1n) is 2.18. The van der Waals surface area contributed by atoms with Crippen molar-refractivity contribution in [2.75, 3.05) is 7.11 Å². The number of allylic oxidation sites excluding steroid dienone is 2. The third kappa shape index (κ3) is 3.24. The summed E-state index contributed by atoms with van der Waals surface area (Å²) in [6.45, 7) is 0. The zero-order valence-electron chi connectivity index (χ0n) is 4.66. The monoisotopic (exact) mass is 115 g/mol. The summed E-state index contributed by atoms with van der Waals surface area (Å²) in [6, 6.07) is 0. The van der Waals surface area contributed by atoms with Crippen LogP contribution in [-0.4, -0.2) is 12.2 Å². The molecule has 0 aromatic heterocycles. The molecule has 8 heavy (non-hydrogen) atoms. The van der Waals surface area contributed by atoms with E-state index in [1.165, 1.54) is 0 Å². The number of nitrogens with one attached hydrogen (secondary N) is 1. The van der Waals surface area contributed by atoms with Gasteiger partial charge in [0.05, 0.1) is 0 Å². The molecule has 0 spiro atoms. The Morgan fingerprint density at radius 3 is 2.25 bits per heavy atom. The Hall–Kier alpha value is -0.960. The van der Waals surface area contributed by atoms with Gasteiger partial charge in [0.2, 0.25) is 0 Å². The van der Waals surface area contributed by atoms with Gasteiger partial charge in [-0.2, -0.15) is 0 Å². The van der Waals surface area contributed by atoms with E-state index in [1.807, 2.05) is 6.08 Å². The van der Waals surface area contributed by atoms with E-state index in [2.05, 4.69) is 10.3 Å². The molecule has 0 amide bonds. The van der Waals surface area contributed by atoms with Crippen LogP contribution in [0.15, 0.2) is 24.6 Å². The third-order valence-corrected chi connectivity index (χ3v) is 0.490. The first-order chi connectivity index (χ1) is 4.00. The molecule has 2 N–H and O–H groups in total. The van der Waals surface area contributed by atoms with Gasteiger partial charge >= 0.3 is 0 Å². The molecule has 0 fully saturated rings. The van der Waals surface area contributed by atoms with Crippen LogP contribution in [0, 0.1) is 0 Å². The lowest BCUT2D eigenvalue weighted by Gasteiger charge is -1.97. The van der Waals surface area contributed by atoms with E-state index >= 15 is 0 Å². The molecule has 0 bridgehead atoms. The predicted molar refractivity (Wildman–Crippen MR) is 30.6 cm³/mol. The lowest BCUT2D eigenvalue weighted by Crippen LogP contribution is -2.01. The molecule has 46 valence electrons. The van der Waals surface area contributed by atoms with Crippen LogP contribution >= 0.6 is 0 Å². The molecule has 0 saturated heterocycles. The highest BCUT2D eigenvalue weighted by Crippen LogP contribution is 1.80. The highest BCUT2D eigenvalue weighted by Gasteiger charge is 1.72. The number of hydrogen-bond acceptors (Lipinski definition) is 3. The van der Waals surface area contributed by atoms with Crippen LogP contribution in [0.3, 0.4) is 0 Å². The van der Waals surface area contributed by atoms with E-state index < -0.39 is 0 Å². The number of aliphatic hydroxyl groups is 1. The van der Waals surface area contributed by atoms with Crippen LogP contribution in [0.4, 0.5) is 0 Å². The molecule has 3 heteroatoms. The van der Waals surface area contributed by atoms with Gasteiger partial charge in [-0.15, -0.1) is 0 Å². The largest absolute Gasteiger partial charge is 0.400 e. The second-order valence-electron chi connectivity index (χ2n) is 0.923. The topological polar surface area (TPSA) is 41.5 Å². The van der Waals surface area contributed by atoms with Gasteiger partial charge in [0.1, 0.15) is 6.26 Å². The minimum atomic E-state index is 1.00. The molecule has 0 radical (unpaired) electrons. The fourth-order valence-electron chi connectivity index (χ4n) is 0.258. The Labute approximate surface area is 48.2 Å². The van der Waals surface area contributed by atoms with E-state index in [0.29, 0.717) is 0 Å². The van der Waals surface area contributed by atoms with Crippen molar-refractivity contribution in [2.45, 2.75) is 0 Å². The molecular formula is C5H9NO2. The smallest absolute Gasteiger partial charge is 0.119 e. The number of aliphatic hydroxyl groups excluding tert-OH is 1. The van der Waals surface area contributed by atoms with Crippen molar-refractivity contribution < 1.29 is 9.94 Å². The van der Waals surface area contributed by atoms with Crippen molar-refractivity contribution in [3.8, 4) is 0 Å². The maximum absolute atomic E-state index is 7.00. The Balaban J connectivity index is 0.000000222. The van der Waals surface area contributed by atoms with Crippen molar-refractivity contribution in [1.29, 1.82) is 0 Å². The van der Waals surface area contributed by atoms with Gasteiger partial charge in [0.25, 0.3) is 0 Å². The SMILES string of the molecule is C1=CNOC=C1.CO. The fourth-order valence-corrected chi connectivity index (χ4v) is 0.258. The lowest BCUT2D eigenvalue weighted by molar-refractivity contribution is 0.172. The van der Waals surface area contributed by atoms with E-state index in [9.17, 15) is 0 Å². The molecule has 3 nitrogen and oxygen atoms in total. The molecule has 0 aromatic rings. The van der Waals surface area contributed by atoms with Gasteiger partial charge in [-0.3, -0.25) is 0 Å². The maximum Gasteiger partial charge on any atom is 0.119 e. The van der Waals surface area contributed by atoms with Crippen molar-refractivity contribution >= 4 is 0 Å². The summed E-state index contributed by atoms with van der Waals surface area (Å²) < 4.78 is 0. The summed E-state index contributed by atoms with van der Waals surface area (Å²) in [5.41, 5.74) is 2.52. The first kappa shape index (κ1) is 7.04. The van der Waals surface area contributed by atoms with Gasteiger partial charge in [0.15, 0.2) is 0 Å². The molecule has 0 atom stereocenters. The number of rotatable bonds is 0. The average Bonchev–Trinajstić information content (AvgIpc) is 1.96. The minimum absolute atomic E-state index is 1.00. The lowest BCUT2D eigenvalue weighted by atomic mass is 10.6. The standard InChI is InChI=1S/C4H5NO.CH4O/c1-2-4-6-5-3-1;1-2/h1-5H;2H,1H3. The molecule has 1 aliphatic heterocycles. The van der Waals surface area contributed by atoms with E-state index in [4.69, 9.17) is 5.11 Å². The summed E-state index contributed by atoms with van der Waals surface area (Å²) in [7, 11) is 1.00. The summed E-state index contributed by atoms with van der Waals surface area (Å²) in [6.07, 6.45) is 6.93. The highest BCUT2D eigenvalue weighted by atomic mass is 16.6. The van der Waals surface area contributed by atoms with Gasteiger partial charge in [-0.1, -0.05) is 0 Å². The predicted octanol–water partition coefficient (Wildman–Crippen LogP) is 0.157. The van der Waals surface area contributed by atoms with E-state index in [-0.39, 0.29) is 0 Å². The summed E-state index contributed by atoms with van der Waals surface area (Å²) in [5.74, 6) is 0. The minimum Gasteiger partial charge on any atom is -0.400 e. The van der Waals surface area contributed by atoms with Crippen LogP contribution < -0.4 is 5.48 Å². The van der Waals surface area contributed by atoms with Gasteiger partial charge in [-0.05, 0) is 12.2 Å². The van der Waals surface area contributed by atoms with Crippen molar-refractivity contribution in [3.63, 3.8) is 0 Å². The second-order valence-corrected chi connectivity index (χ2v) is 0.923. The third-order valence-electron chi connectivity index (χ3n) is 0.490. The summed E-state index contributed by atoms with van der Waals surface area (Å²) in [4.78, 5) is 4.55. The highest BCUT2D eigenvalue weighted by molar-refractivity contribution is 5.00. The van der Waals surface area contributed by atoms with Crippen molar-refractivity contribution in [2.24, 2.45) is 0 Å². The first-order valence-corrected chi connectivity index (χ1v) is 2.18. The van der Waals surface area contributed by atoms with Crippen LogP contribution in [0.25, 0.3) is 0 Å². The molecule has 1 rings (SSSR count). The van der Waals surface area contributed by atoms with Gasteiger partial charge < -0.3 is 9.94 Å². The number of hydroxylamine groups is 1. The molecule has 0 aromatic carbocycles. The van der Waals surface area contributed by atoms with Crippen LogP contribution in [-0.2, 0) is 4.84 Å². The molecule has 0 unspecified atom stereocenters. The van der Waals surface area contributed by atoms with E-state index in [0.717, 1.165) is 7.11 Å². The maximum atomic E-state index is 7.00. The van der Waals surface area contributed by atoms with Crippen LogP contribution in [0.5, 0.6) is 0 Å². The van der Waals surface area contributed by atoms with E-state index in [1.54, 1.807) is 18.5 Å². The fraction of sp³-hybridized carbons (Fsp3) is 0.200. The second kappa shape index (κ2) is 6.04. The average molecular weight is 115 g/mol. The zero-order valence-corrected chi connectivity index (χ0v) is 4.66. The van der Waals surface area contributed by atoms with Crippen LogP contribution in [0.1, 0.15) is 0 Å². The Bertz CT molecular complexity index is 76.4. The van der Waals surface area contributed by atoms with Gasteiger partial charge in [-0.25, -0.2) is 5.48 Å². The zero-order chi connectivity index (χ0) is 6.24. The Morgan fingerprint density at radius 1 is 1.38 bits per heavy atom. The van der Waals surface area contributed by atoms with Gasteiger partial charge in [0, 0.05) is 13.3 Å². The molecule has 0 aliphatic carbocycles. The van der Waals surface area contributed by atoms with Crippen molar-refractivity contribution in [3.05, 3.63) is 24.6 Å². The molecule has 1 aliphatic rings. The normalized spacial score (nSPS) is 12.8. The van der Waals surface area contributed by atoms with Crippen molar-refractivity contribution in [1.82, 2.24) is 5.48 Å². The molecule has 1 heterocycles. The quantitative estimate of drug-likeness (QED) is 0.472. The Morgan fingerprint density at radius 2 is 2.12 bits per heavy atom. The summed E-state index contributed by atoms with van der Waals surface area (Å²) >= 11 is 0.